The summed E-state index contributed by atoms with van der Waals surface area (Å²) >= 11 is 0. The first-order valence-electron chi connectivity index (χ1n) is 5.06. The van der Waals surface area contributed by atoms with Crippen LogP contribution >= 0.6 is 0 Å². The van der Waals surface area contributed by atoms with Crippen LogP contribution in [0.4, 0.5) is 0 Å². The maximum atomic E-state index is 10.6. The van der Waals surface area contributed by atoms with Gasteiger partial charge in [0.15, 0.2) is 6.61 Å². The summed E-state index contributed by atoms with van der Waals surface area (Å²) in [6, 6.07) is 5.73. The molecule has 0 saturated carbocycles. The Morgan fingerprint density at radius 3 is 3.19 bits per heavy atom. The average Bonchev–Trinajstić information content (AvgIpc) is 2.68. The van der Waals surface area contributed by atoms with E-state index in [-0.39, 0.29) is 12.6 Å². The van der Waals surface area contributed by atoms with Crippen molar-refractivity contribution in [2.24, 2.45) is 5.73 Å². The van der Waals surface area contributed by atoms with Crippen LogP contribution in [0.1, 0.15) is 11.6 Å². The van der Waals surface area contributed by atoms with Crippen molar-refractivity contribution in [3.05, 3.63) is 23.8 Å². The molecule has 1 heterocycles. The van der Waals surface area contributed by atoms with E-state index >= 15 is 0 Å². The number of nitrogens with one attached hydrogen (secondary N) is 1. The van der Waals surface area contributed by atoms with E-state index in [2.05, 4.69) is 5.32 Å². The molecule has 3 N–H and O–H groups in total. The number of hydrogen-bond acceptors (Lipinski definition) is 4. The lowest BCUT2D eigenvalue weighted by Gasteiger charge is -2.07. The van der Waals surface area contributed by atoms with Crippen molar-refractivity contribution < 1.29 is 14.3 Å². The lowest BCUT2D eigenvalue weighted by atomic mass is 10.1. The van der Waals surface area contributed by atoms with Gasteiger partial charge in [0.25, 0.3) is 5.91 Å². The molecule has 1 unspecified atom stereocenters. The lowest BCUT2D eigenvalue weighted by molar-refractivity contribution is -0.119. The first-order valence-corrected chi connectivity index (χ1v) is 5.06. The van der Waals surface area contributed by atoms with Gasteiger partial charge in [0.05, 0.1) is 6.04 Å². The van der Waals surface area contributed by atoms with Gasteiger partial charge >= 0.3 is 0 Å². The first kappa shape index (κ1) is 10.8. The van der Waals surface area contributed by atoms with Gasteiger partial charge in [-0.25, -0.2) is 0 Å². The average molecular weight is 222 g/mol. The van der Waals surface area contributed by atoms with Crippen LogP contribution in [-0.2, 0) is 4.79 Å². The molecule has 1 aliphatic heterocycles. The van der Waals surface area contributed by atoms with Crippen LogP contribution in [-0.4, -0.2) is 26.2 Å². The first-order chi connectivity index (χ1) is 7.70. The zero-order valence-electron chi connectivity index (χ0n) is 9.03. The minimum Gasteiger partial charge on any atom is -0.491 e. The second-order valence-corrected chi connectivity index (χ2v) is 3.61. The smallest absolute Gasteiger partial charge is 0.255 e. The molecule has 0 saturated heterocycles. The summed E-state index contributed by atoms with van der Waals surface area (Å²) in [7, 11) is 1.89. The summed E-state index contributed by atoms with van der Waals surface area (Å²) in [6.07, 6.45) is 0. The Labute approximate surface area is 93.5 Å². The minimum atomic E-state index is -0.491. The minimum absolute atomic E-state index is 0.117. The third-order valence-corrected chi connectivity index (χ3v) is 2.50. The molecule has 2 rings (SSSR count). The van der Waals surface area contributed by atoms with Gasteiger partial charge in [-0.15, -0.1) is 0 Å². The molecule has 5 nitrogen and oxygen atoms in total. The van der Waals surface area contributed by atoms with Gasteiger partial charge in [-0.2, -0.15) is 0 Å². The van der Waals surface area contributed by atoms with Gasteiger partial charge in [0.2, 0.25) is 0 Å². The van der Waals surface area contributed by atoms with Crippen molar-refractivity contribution in [2.75, 3.05) is 20.3 Å². The highest BCUT2D eigenvalue weighted by Crippen LogP contribution is 2.34. The van der Waals surface area contributed by atoms with E-state index in [1.165, 1.54) is 0 Å². The number of hydrogen-bond donors (Lipinski definition) is 2. The van der Waals surface area contributed by atoms with Crippen LogP contribution in [0.25, 0.3) is 0 Å². The summed E-state index contributed by atoms with van der Waals surface area (Å²) in [5, 5.41) is 3.15. The van der Waals surface area contributed by atoms with Crippen molar-refractivity contribution in [1.29, 1.82) is 0 Å². The van der Waals surface area contributed by atoms with Crippen LogP contribution < -0.4 is 20.5 Å². The monoisotopic (exact) mass is 222 g/mol. The lowest BCUT2D eigenvalue weighted by Crippen LogP contribution is -2.20. The number of carbonyl (C=O) groups is 1. The summed E-state index contributed by atoms with van der Waals surface area (Å²) in [5.41, 5.74) is 6.10. The normalized spacial score (nSPS) is 17.7. The Morgan fingerprint density at radius 2 is 2.50 bits per heavy atom. The number of rotatable bonds is 4. The molecule has 5 heteroatoms. The van der Waals surface area contributed by atoms with Gasteiger partial charge in [-0.3, -0.25) is 4.79 Å². The topological polar surface area (TPSA) is 73.6 Å². The highest BCUT2D eigenvalue weighted by molar-refractivity contribution is 5.75. The molecule has 86 valence electrons. The molecule has 1 aromatic carbocycles. The van der Waals surface area contributed by atoms with E-state index < -0.39 is 5.91 Å². The predicted octanol–water partition coefficient (Wildman–Crippen LogP) is 0.204. The molecule has 1 amide bonds. The van der Waals surface area contributed by atoms with E-state index in [0.29, 0.717) is 12.4 Å². The molecular weight excluding hydrogens is 208 g/mol. The van der Waals surface area contributed by atoms with E-state index in [1.807, 2.05) is 13.1 Å². The van der Waals surface area contributed by atoms with Crippen LogP contribution in [0, 0.1) is 0 Å². The van der Waals surface area contributed by atoms with Gasteiger partial charge in [0.1, 0.15) is 18.1 Å². The third-order valence-electron chi connectivity index (χ3n) is 2.50. The molecule has 1 aromatic rings. The maximum Gasteiger partial charge on any atom is 0.255 e. The van der Waals surface area contributed by atoms with Crippen LogP contribution in [0.3, 0.4) is 0 Å². The Morgan fingerprint density at radius 1 is 1.69 bits per heavy atom. The van der Waals surface area contributed by atoms with Crippen molar-refractivity contribution in [3.8, 4) is 11.5 Å². The SMILES string of the molecule is CNC1COc2cc(OCC(N)=O)ccc21. The van der Waals surface area contributed by atoms with Crippen molar-refractivity contribution in [2.45, 2.75) is 6.04 Å². The largest absolute Gasteiger partial charge is 0.491 e. The predicted molar refractivity (Wildman–Crippen MR) is 58.4 cm³/mol. The number of fused-ring (bicyclic) bond motifs is 1. The fourth-order valence-corrected chi connectivity index (χ4v) is 1.67. The summed E-state index contributed by atoms with van der Waals surface area (Å²) < 4.78 is 10.7. The Kier molecular flexibility index (Phi) is 2.96. The van der Waals surface area contributed by atoms with Crippen molar-refractivity contribution >= 4 is 5.91 Å². The Bertz CT molecular complexity index is 406. The summed E-state index contributed by atoms with van der Waals surface area (Å²) in [6.45, 7) is 0.499. The number of amides is 1. The van der Waals surface area contributed by atoms with E-state index in [0.717, 1.165) is 11.3 Å². The van der Waals surface area contributed by atoms with Crippen LogP contribution in [0.5, 0.6) is 11.5 Å². The molecule has 16 heavy (non-hydrogen) atoms. The Hall–Kier alpha value is -1.75. The third kappa shape index (κ3) is 2.09. The van der Waals surface area contributed by atoms with E-state index in [9.17, 15) is 4.79 Å². The molecule has 0 bridgehead atoms. The number of likely N-dealkylation sites (N-methyl/N-ethyl adjacent to an activating group) is 1. The maximum absolute atomic E-state index is 10.6. The van der Waals surface area contributed by atoms with Gasteiger partial charge in [-0.1, -0.05) is 0 Å². The quantitative estimate of drug-likeness (QED) is 0.763. The number of benzene rings is 1. The Balaban J connectivity index is 2.12. The van der Waals surface area contributed by atoms with Crippen LogP contribution in [0.15, 0.2) is 18.2 Å². The molecule has 0 aromatic heterocycles. The summed E-state index contributed by atoms with van der Waals surface area (Å²) in [4.78, 5) is 10.6. The second-order valence-electron chi connectivity index (χ2n) is 3.61. The number of ether oxygens (including phenoxy) is 2. The molecule has 0 spiro atoms. The van der Waals surface area contributed by atoms with Crippen LogP contribution in [0.2, 0.25) is 0 Å². The molecule has 0 fully saturated rings. The number of primary amides is 1. The molecule has 1 atom stereocenters. The highest BCUT2D eigenvalue weighted by atomic mass is 16.5. The zero-order chi connectivity index (χ0) is 11.5. The van der Waals surface area contributed by atoms with Gasteiger partial charge in [-0.05, 0) is 19.2 Å². The number of nitrogens with two attached hydrogens (primary N) is 1. The van der Waals surface area contributed by atoms with E-state index in [4.69, 9.17) is 15.2 Å². The van der Waals surface area contributed by atoms with Gasteiger partial charge < -0.3 is 20.5 Å². The van der Waals surface area contributed by atoms with Gasteiger partial charge in [0, 0.05) is 11.6 Å². The standard InChI is InChI=1S/C11H14N2O3/c1-13-9-5-16-10-4-7(2-3-8(9)10)15-6-11(12)14/h2-4,9,13H,5-6H2,1H3,(H2,12,14). The van der Waals surface area contributed by atoms with E-state index in [1.54, 1.807) is 12.1 Å². The highest BCUT2D eigenvalue weighted by Gasteiger charge is 2.22. The fraction of sp³-hybridized carbons (Fsp3) is 0.364. The van der Waals surface area contributed by atoms with Crippen molar-refractivity contribution in [1.82, 2.24) is 5.32 Å². The van der Waals surface area contributed by atoms with Crippen molar-refractivity contribution in [3.63, 3.8) is 0 Å². The molecular formula is C11H14N2O3. The fourth-order valence-electron chi connectivity index (χ4n) is 1.67. The molecule has 0 aliphatic carbocycles. The molecule has 0 radical (unpaired) electrons. The molecule has 1 aliphatic rings. The second kappa shape index (κ2) is 4.40. The summed E-state index contributed by atoms with van der Waals surface area (Å²) in [5.74, 6) is 0.894. The zero-order valence-corrected chi connectivity index (χ0v) is 9.03. The number of carbonyl (C=O) groups excluding carboxylic acids is 1.